The van der Waals surface area contributed by atoms with Crippen LogP contribution in [0.2, 0.25) is 0 Å². The van der Waals surface area contributed by atoms with Gasteiger partial charge in [0.05, 0.1) is 24.9 Å². The molecule has 1 aliphatic carbocycles. The number of carbonyl (C=O) groups is 1. The quantitative estimate of drug-likeness (QED) is 0.557. The molecular weight excluding hydrogens is 278 g/mol. The zero-order valence-electron chi connectivity index (χ0n) is 14.9. The topological polar surface area (TPSA) is 38.5 Å². The minimum absolute atomic E-state index is 0.00211. The smallest absolute Gasteiger partial charge is 0.333 e. The van der Waals surface area contributed by atoms with Crippen LogP contribution in [-0.2, 0) is 14.3 Å². The Hall–Kier alpha value is -0.870. The molecule has 0 radical (unpaired) electrons. The van der Waals surface area contributed by atoms with Crippen LogP contribution >= 0.6 is 0 Å². The Morgan fingerprint density at radius 1 is 1.32 bits per heavy atom. The average molecular weight is 309 g/mol. The van der Waals surface area contributed by atoms with E-state index in [9.17, 15) is 4.79 Å². The first-order valence-corrected chi connectivity index (χ1v) is 8.65. The van der Waals surface area contributed by atoms with Gasteiger partial charge >= 0.3 is 5.97 Å². The average Bonchev–Trinajstić information content (AvgIpc) is 3.19. The summed E-state index contributed by atoms with van der Waals surface area (Å²) in [5.74, 6) is -0.181. The maximum Gasteiger partial charge on any atom is 0.333 e. The molecule has 0 saturated carbocycles. The molecule has 1 heterocycles. The van der Waals surface area contributed by atoms with Crippen molar-refractivity contribution in [2.24, 2.45) is 0 Å². The summed E-state index contributed by atoms with van der Waals surface area (Å²) in [5.41, 5.74) is 0.883. The predicted molar refractivity (Wildman–Crippen MR) is 87.7 cm³/mol. The number of rotatable bonds is 6. The highest BCUT2D eigenvalue weighted by molar-refractivity contribution is 5.89. The van der Waals surface area contributed by atoms with Crippen molar-refractivity contribution in [1.29, 1.82) is 0 Å². The molecule has 0 bridgehead atoms. The van der Waals surface area contributed by atoms with Gasteiger partial charge in [-0.15, -0.1) is 0 Å². The second-order valence-electron chi connectivity index (χ2n) is 7.29. The molecule has 1 aliphatic heterocycles. The molecule has 0 spiro atoms. The van der Waals surface area contributed by atoms with E-state index in [1.807, 2.05) is 13.0 Å². The zero-order chi connectivity index (χ0) is 16.5. The summed E-state index contributed by atoms with van der Waals surface area (Å²) in [6, 6.07) is 0.808. The number of fused-ring (bicyclic) bond motifs is 1. The second kappa shape index (κ2) is 6.71. The molecular formula is C18H31NO3. The predicted octanol–water partition coefficient (Wildman–Crippen LogP) is 3.30. The van der Waals surface area contributed by atoms with Gasteiger partial charge in [0.25, 0.3) is 0 Å². The lowest BCUT2D eigenvalue weighted by atomic mass is 9.97. The van der Waals surface area contributed by atoms with Crippen LogP contribution in [0.5, 0.6) is 0 Å². The van der Waals surface area contributed by atoms with Crippen LogP contribution in [0.3, 0.4) is 0 Å². The first kappa shape index (κ1) is 17.5. The van der Waals surface area contributed by atoms with E-state index in [0.717, 1.165) is 24.8 Å². The number of carbonyl (C=O) groups excluding carboxylic acids is 1. The Labute approximate surface area is 134 Å². The molecule has 2 rings (SSSR count). The molecule has 4 atom stereocenters. The molecule has 4 nitrogen and oxygen atoms in total. The standard InChI is InChI=1S/C18H31NO3/c1-7-13(8-2)22-15-11-12(17(20)21-9-3)10-14-16(15)19(14)18(4,5)6/h11,13-16H,7-10H2,1-6H3/t14-,15+,16-,19?/m0/s1. The highest BCUT2D eigenvalue weighted by Gasteiger charge is 2.59. The van der Waals surface area contributed by atoms with Crippen molar-refractivity contribution in [3.05, 3.63) is 11.6 Å². The van der Waals surface area contributed by atoms with Crippen LogP contribution in [-0.4, -0.2) is 47.3 Å². The Kier molecular flexibility index (Phi) is 5.33. The fourth-order valence-corrected chi connectivity index (χ4v) is 3.63. The molecule has 0 aromatic carbocycles. The third-order valence-electron chi connectivity index (χ3n) is 4.69. The summed E-state index contributed by atoms with van der Waals surface area (Å²) in [5, 5.41) is 0. The first-order chi connectivity index (χ1) is 10.3. The summed E-state index contributed by atoms with van der Waals surface area (Å²) in [6.07, 6.45) is 5.06. The summed E-state index contributed by atoms with van der Waals surface area (Å²) in [7, 11) is 0. The van der Waals surface area contributed by atoms with Gasteiger partial charge < -0.3 is 9.47 Å². The van der Waals surface area contributed by atoms with E-state index < -0.39 is 0 Å². The number of hydrogen-bond acceptors (Lipinski definition) is 4. The van der Waals surface area contributed by atoms with Crippen LogP contribution in [0.4, 0.5) is 0 Å². The molecule has 1 unspecified atom stereocenters. The van der Waals surface area contributed by atoms with Crippen molar-refractivity contribution in [1.82, 2.24) is 4.90 Å². The van der Waals surface area contributed by atoms with Gasteiger partial charge in [0, 0.05) is 17.2 Å². The van der Waals surface area contributed by atoms with Gasteiger partial charge in [0.1, 0.15) is 0 Å². The van der Waals surface area contributed by atoms with Crippen molar-refractivity contribution in [2.75, 3.05) is 6.61 Å². The molecule has 4 heteroatoms. The fraction of sp³-hybridized carbons (Fsp3) is 0.833. The Morgan fingerprint density at radius 2 is 1.95 bits per heavy atom. The second-order valence-corrected chi connectivity index (χ2v) is 7.29. The van der Waals surface area contributed by atoms with Crippen molar-refractivity contribution >= 4 is 5.97 Å². The molecule has 0 amide bonds. The Balaban J connectivity index is 2.17. The van der Waals surface area contributed by atoms with E-state index in [2.05, 4.69) is 39.5 Å². The maximum absolute atomic E-state index is 12.1. The minimum Gasteiger partial charge on any atom is -0.463 e. The maximum atomic E-state index is 12.1. The van der Waals surface area contributed by atoms with Gasteiger partial charge in [0.2, 0.25) is 0 Å². The Bertz CT molecular complexity index is 434. The van der Waals surface area contributed by atoms with Gasteiger partial charge in [-0.2, -0.15) is 0 Å². The first-order valence-electron chi connectivity index (χ1n) is 8.65. The van der Waals surface area contributed by atoms with Crippen molar-refractivity contribution in [2.45, 2.75) is 90.6 Å². The molecule has 0 aromatic rings. The van der Waals surface area contributed by atoms with Gasteiger partial charge in [-0.1, -0.05) is 13.8 Å². The molecule has 126 valence electrons. The molecule has 1 saturated heterocycles. The number of esters is 1. The lowest BCUT2D eigenvalue weighted by molar-refractivity contribution is -0.138. The molecule has 0 aromatic heterocycles. The van der Waals surface area contributed by atoms with Crippen LogP contribution in [0.25, 0.3) is 0 Å². The monoisotopic (exact) mass is 309 g/mol. The largest absolute Gasteiger partial charge is 0.463 e. The lowest BCUT2D eigenvalue weighted by Crippen LogP contribution is -2.34. The summed E-state index contributed by atoms with van der Waals surface area (Å²) in [6.45, 7) is 13.3. The van der Waals surface area contributed by atoms with Crippen LogP contribution in [0.1, 0.15) is 60.8 Å². The zero-order valence-corrected chi connectivity index (χ0v) is 14.9. The normalized spacial score (nSPS) is 30.8. The third-order valence-corrected chi connectivity index (χ3v) is 4.69. The van der Waals surface area contributed by atoms with Crippen molar-refractivity contribution in [3.63, 3.8) is 0 Å². The highest BCUT2D eigenvalue weighted by atomic mass is 16.5. The highest BCUT2D eigenvalue weighted by Crippen LogP contribution is 2.47. The van der Waals surface area contributed by atoms with Gasteiger partial charge in [-0.3, -0.25) is 4.90 Å². The summed E-state index contributed by atoms with van der Waals surface area (Å²) >= 11 is 0. The third kappa shape index (κ3) is 3.54. The number of hydrogen-bond donors (Lipinski definition) is 0. The molecule has 1 fully saturated rings. The van der Waals surface area contributed by atoms with Gasteiger partial charge in [-0.05, 0) is 53.0 Å². The van der Waals surface area contributed by atoms with E-state index in [0.29, 0.717) is 18.7 Å². The summed E-state index contributed by atoms with van der Waals surface area (Å²) in [4.78, 5) is 14.6. The van der Waals surface area contributed by atoms with E-state index in [1.54, 1.807) is 0 Å². The van der Waals surface area contributed by atoms with E-state index in [4.69, 9.17) is 9.47 Å². The fourth-order valence-electron chi connectivity index (χ4n) is 3.63. The van der Waals surface area contributed by atoms with Crippen molar-refractivity contribution < 1.29 is 14.3 Å². The molecule has 0 N–H and O–H groups in total. The van der Waals surface area contributed by atoms with Gasteiger partial charge in [-0.25, -0.2) is 4.79 Å². The minimum atomic E-state index is -0.181. The van der Waals surface area contributed by atoms with E-state index >= 15 is 0 Å². The van der Waals surface area contributed by atoms with E-state index in [1.165, 1.54) is 0 Å². The summed E-state index contributed by atoms with van der Waals surface area (Å²) < 4.78 is 11.5. The number of nitrogens with zero attached hydrogens (tertiary/aromatic N) is 1. The van der Waals surface area contributed by atoms with Gasteiger partial charge in [0.15, 0.2) is 0 Å². The Morgan fingerprint density at radius 3 is 2.45 bits per heavy atom. The van der Waals surface area contributed by atoms with E-state index in [-0.39, 0.29) is 23.7 Å². The van der Waals surface area contributed by atoms with Crippen molar-refractivity contribution in [3.8, 4) is 0 Å². The number of ether oxygens (including phenoxy) is 2. The van der Waals surface area contributed by atoms with Crippen LogP contribution in [0.15, 0.2) is 11.6 Å². The molecule has 22 heavy (non-hydrogen) atoms. The molecule has 2 aliphatic rings. The van der Waals surface area contributed by atoms with Crippen LogP contribution < -0.4 is 0 Å². The lowest BCUT2D eigenvalue weighted by Gasteiger charge is -2.26. The SMILES string of the molecule is CCOC(=O)C1=C[C@@H](OC(CC)CC)[C@@H]2[C@H](C1)N2C(C)(C)C. The van der Waals surface area contributed by atoms with Crippen LogP contribution in [0, 0.1) is 0 Å².